The molecule has 8 heteroatoms. The van der Waals surface area contributed by atoms with E-state index in [9.17, 15) is 14.4 Å². The first-order valence-corrected chi connectivity index (χ1v) is 8.29. The van der Waals surface area contributed by atoms with Crippen LogP contribution in [0.25, 0.3) is 0 Å². The van der Waals surface area contributed by atoms with Gasteiger partial charge < -0.3 is 5.73 Å². The number of carbonyl (C=O) groups excluding carboxylic acids is 3. The van der Waals surface area contributed by atoms with Gasteiger partial charge in [0, 0.05) is 32.7 Å². The smallest absolute Gasteiger partial charge is 0.330 e. The highest BCUT2D eigenvalue weighted by Crippen LogP contribution is 2.40. The molecule has 0 aromatic rings. The molecule has 2 rings (SSSR count). The van der Waals surface area contributed by atoms with Crippen molar-refractivity contribution in [2.75, 3.05) is 32.7 Å². The lowest BCUT2D eigenvalue weighted by molar-refractivity contribution is -0.155. The Balaban J connectivity index is 2.70. The Kier molecular flexibility index (Phi) is 5.79. The highest BCUT2D eigenvalue weighted by Gasteiger charge is 2.68. The second-order valence-corrected chi connectivity index (χ2v) is 6.07. The number of nitrogens with two attached hydrogens (primary N) is 1. The Morgan fingerprint density at radius 3 is 2.12 bits per heavy atom. The number of amides is 4. The summed E-state index contributed by atoms with van der Waals surface area (Å²) in [5, 5.41) is 0. The van der Waals surface area contributed by atoms with Gasteiger partial charge in [-0.15, -0.1) is 26.3 Å². The summed E-state index contributed by atoms with van der Waals surface area (Å²) in [6.45, 7) is 15.7. The fourth-order valence-corrected chi connectivity index (χ4v) is 3.70. The van der Waals surface area contributed by atoms with Gasteiger partial charge in [0.2, 0.25) is 11.7 Å². The Morgan fingerprint density at radius 2 is 1.62 bits per heavy atom. The Morgan fingerprint density at radius 1 is 1.04 bits per heavy atom. The fourth-order valence-electron chi connectivity index (χ4n) is 3.70. The Bertz CT molecular complexity index is 661. The quantitative estimate of drug-likeness (QED) is 0.466. The zero-order chi connectivity index (χ0) is 19.5. The molecule has 0 aliphatic carbocycles. The molecular formula is C18H25N5O3. The second kappa shape index (κ2) is 7.67. The van der Waals surface area contributed by atoms with Crippen LogP contribution >= 0.6 is 0 Å². The van der Waals surface area contributed by atoms with Gasteiger partial charge in [-0.3, -0.25) is 24.3 Å². The number of hydrogen-bond donors (Lipinski definition) is 1. The largest absolute Gasteiger partial charge is 0.368 e. The van der Waals surface area contributed by atoms with E-state index >= 15 is 0 Å². The number of primary amides is 1. The number of nitrogens with zero attached hydrogens (tertiary/aromatic N) is 4. The van der Waals surface area contributed by atoms with Crippen molar-refractivity contribution in [3.63, 3.8) is 0 Å². The van der Waals surface area contributed by atoms with Crippen LogP contribution in [0.4, 0.5) is 4.79 Å². The molecule has 0 aromatic carbocycles. The van der Waals surface area contributed by atoms with E-state index in [-0.39, 0.29) is 26.2 Å². The van der Waals surface area contributed by atoms with Crippen LogP contribution < -0.4 is 5.73 Å². The van der Waals surface area contributed by atoms with Gasteiger partial charge in [-0.2, -0.15) is 0 Å². The minimum atomic E-state index is -1.48. The van der Waals surface area contributed by atoms with Crippen molar-refractivity contribution in [3.8, 4) is 0 Å². The van der Waals surface area contributed by atoms with Gasteiger partial charge in [-0.05, 0) is 0 Å². The van der Waals surface area contributed by atoms with Crippen molar-refractivity contribution >= 4 is 17.8 Å². The van der Waals surface area contributed by atoms with E-state index in [2.05, 4.69) is 26.3 Å². The SMILES string of the molecule is C=CCN1C(=O)N(CC=C)C2(C1=O)N(CC=C)CC(C(N)=O)N2CC=C. The minimum absolute atomic E-state index is 0.0676. The molecule has 1 spiro atoms. The molecule has 2 N–H and O–H groups in total. The van der Waals surface area contributed by atoms with Crippen molar-refractivity contribution < 1.29 is 14.4 Å². The van der Waals surface area contributed by atoms with Crippen LogP contribution in [-0.2, 0) is 9.59 Å². The summed E-state index contributed by atoms with van der Waals surface area (Å²) in [7, 11) is 0. The minimum Gasteiger partial charge on any atom is -0.368 e. The maximum Gasteiger partial charge on any atom is 0.330 e. The molecule has 2 atom stereocenters. The van der Waals surface area contributed by atoms with E-state index in [1.165, 1.54) is 11.0 Å². The highest BCUT2D eigenvalue weighted by molar-refractivity contribution is 6.07. The highest BCUT2D eigenvalue weighted by atomic mass is 16.2. The summed E-state index contributed by atoms with van der Waals surface area (Å²) in [4.78, 5) is 44.3. The molecule has 2 heterocycles. The van der Waals surface area contributed by atoms with Crippen LogP contribution in [0.1, 0.15) is 0 Å². The Hall–Kier alpha value is -2.71. The van der Waals surface area contributed by atoms with Crippen molar-refractivity contribution in [1.82, 2.24) is 19.6 Å². The van der Waals surface area contributed by atoms with E-state index in [4.69, 9.17) is 5.73 Å². The maximum absolute atomic E-state index is 13.4. The standard InChI is InChI=1S/C18H25N5O3/c1-5-9-20-13-14(15(19)24)22(11-7-3)18(20)16(25)21(10-6-2)17(26)23(18)12-8-4/h5-8,14H,1-4,9-13H2,(H2,19,24). The lowest BCUT2D eigenvalue weighted by Crippen LogP contribution is -2.67. The van der Waals surface area contributed by atoms with E-state index < -0.39 is 29.7 Å². The molecular weight excluding hydrogens is 334 g/mol. The van der Waals surface area contributed by atoms with Crippen molar-refractivity contribution in [1.29, 1.82) is 0 Å². The van der Waals surface area contributed by atoms with Crippen LogP contribution in [0, 0.1) is 0 Å². The van der Waals surface area contributed by atoms with E-state index in [1.807, 2.05) is 0 Å². The van der Waals surface area contributed by atoms with Crippen LogP contribution in [0.2, 0.25) is 0 Å². The molecule has 4 amide bonds. The summed E-state index contributed by atoms with van der Waals surface area (Å²) in [5.41, 5.74) is 5.59. The molecule has 2 unspecified atom stereocenters. The zero-order valence-electron chi connectivity index (χ0n) is 14.8. The van der Waals surface area contributed by atoms with E-state index in [0.29, 0.717) is 6.54 Å². The topological polar surface area (TPSA) is 90.2 Å². The molecule has 2 saturated heterocycles. The number of urea groups is 1. The van der Waals surface area contributed by atoms with Crippen LogP contribution in [0.5, 0.6) is 0 Å². The van der Waals surface area contributed by atoms with Gasteiger partial charge in [-0.1, -0.05) is 24.3 Å². The van der Waals surface area contributed by atoms with E-state index in [1.54, 1.807) is 28.0 Å². The first-order valence-electron chi connectivity index (χ1n) is 8.29. The van der Waals surface area contributed by atoms with Crippen LogP contribution in [0.3, 0.4) is 0 Å². The Labute approximate surface area is 153 Å². The summed E-state index contributed by atoms with van der Waals surface area (Å²) in [5.74, 6) is -2.49. The average Bonchev–Trinajstić information content (AvgIpc) is 3.01. The van der Waals surface area contributed by atoms with E-state index in [0.717, 1.165) is 4.90 Å². The second-order valence-electron chi connectivity index (χ2n) is 6.07. The van der Waals surface area contributed by atoms with Gasteiger partial charge in [0.1, 0.15) is 6.04 Å². The third-order valence-electron chi connectivity index (χ3n) is 4.61. The first-order chi connectivity index (χ1) is 12.4. The molecule has 2 fully saturated rings. The molecule has 26 heavy (non-hydrogen) atoms. The summed E-state index contributed by atoms with van der Waals surface area (Å²) < 4.78 is 0. The van der Waals surface area contributed by atoms with Gasteiger partial charge in [0.15, 0.2) is 0 Å². The van der Waals surface area contributed by atoms with Crippen molar-refractivity contribution in [3.05, 3.63) is 50.6 Å². The molecule has 2 aliphatic rings. The van der Waals surface area contributed by atoms with Crippen LogP contribution in [0.15, 0.2) is 50.6 Å². The van der Waals surface area contributed by atoms with Crippen molar-refractivity contribution in [2.24, 2.45) is 5.73 Å². The van der Waals surface area contributed by atoms with Gasteiger partial charge in [-0.25, -0.2) is 9.69 Å². The maximum atomic E-state index is 13.4. The fraction of sp³-hybridized carbons (Fsp3) is 0.389. The summed E-state index contributed by atoms with van der Waals surface area (Å²) in [6, 6.07) is -1.22. The number of hydrogen-bond acceptors (Lipinski definition) is 5. The third kappa shape index (κ3) is 2.67. The van der Waals surface area contributed by atoms with Crippen LogP contribution in [-0.4, -0.2) is 82.0 Å². The van der Waals surface area contributed by atoms with Gasteiger partial charge in [0.25, 0.3) is 5.91 Å². The predicted octanol–water partition coefficient (Wildman–Crippen LogP) is 0.120. The number of rotatable bonds is 9. The lowest BCUT2D eigenvalue weighted by atomic mass is 10.2. The number of carbonyl (C=O) groups is 3. The summed E-state index contributed by atoms with van der Waals surface area (Å²) >= 11 is 0. The molecule has 8 nitrogen and oxygen atoms in total. The summed E-state index contributed by atoms with van der Waals surface area (Å²) in [6.07, 6.45) is 6.23. The molecule has 0 saturated carbocycles. The molecule has 2 aliphatic heterocycles. The third-order valence-corrected chi connectivity index (χ3v) is 4.61. The van der Waals surface area contributed by atoms with Gasteiger partial charge >= 0.3 is 6.03 Å². The predicted molar refractivity (Wildman–Crippen MR) is 98.6 cm³/mol. The first kappa shape index (κ1) is 19.6. The molecule has 0 bridgehead atoms. The molecule has 0 radical (unpaired) electrons. The normalized spacial score (nSPS) is 26.5. The molecule has 0 aromatic heterocycles. The number of imide groups is 1. The zero-order valence-corrected chi connectivity index (χ0v) is 14.8. The molecule has 140 valence electrons. The van der Waals surface area contributed by atoms with Gasteiger partial charge in [0.05, 0.1) is 0 Å². The average molecular weight is 359 g/mol. The monoisotopic (exact) mass is 359 g/mol. The van der Waals surface area contributed by atoms with Crippen molar-refractivity contribution in [2.45, 2.75) is 11.8 Å². The lowest BCUT2D eigenvalue weighted by Gasteiger charge is -2.43.